The molecule has 0 radical (unpaired) electrons. The Morgan fingerprint density at radius 2 is 1.32 bits per heavy atom. The predicted molar refractivity (Wildman–Crippen MR) is 183 cm³/mol. The van der Waals surface area contributed by atoms with Crippen LogP contribution in [0.2, 0.25) is 0 Å². The molecule has 2 N–H and O–H groups in total. The molecule has 0 aromatic heterocycles. The molecule has 2 aromatic carbocycles. The van der Waals surface area contributed by atoms with E-state index in [4.69, 9.17) is 33.2 Å². The summed E-state index contributed by atoms with van der Waals surface area (Å²) in [5.74, 6) is -8.96. The summed E-state index contributed by atoms with van der Waals surface area (Å²) in [6, 6.07) is 16.8. The second-order valence-corrected chi connectivity index (χ2v) is 15.5. The minimum Gasteiger partial charge on any atom is -0.459 e. The van der Waals surface area contributed by atoms with Gasteiger partial charge >= 0.3 is 29.9 Å². The van der Waals surface area contributed by atoms with Crippen LogP contribution < -0.4 is 0 Å². The van der Waals surface area contributed by atoms with Crippen LogP contribution in [0.1, 0.15) is 70.8 Å². The lowest BCUT2D eigenvalue weighted by molar-refractivity contribution is -0.447. The number of rotatable bonds is 7. The van der Waals surface area contributed by atoms with Gasteiger partial charge in [-0.2, -0.15) is 0 Å². The smallest absolute Gasteiger partial charge is 0.338 e. The summed E-state index contributed by atoms with van der Waals surface area (Å²) in [5.41, 5.74) is -7.33. The van der Waals surface area contributed by atoms with Gasteiger partial charge in [-0.25, -0.2) is 4.79 Å². The van der Waals surface area contributed by atoms with Gasteiger partial charge in [0.2, 0.25) is 0 Å². The van der Waals surface area contributed by atoms with Crippen LogP contribution in [0.15, 0.2) is 72.8 Å². The second-order valence-electron chi connectivity index (χ2n) is 15.5. The Hall–Kier alpha value is -4.14. The molecule has 2 aromatic rings. The Kier molecular flexibility index (Phi) is 8.74. The van der Waals surface area contributed by atoms with Crippen LogP contribution in [-0.4, -0.2) is 87.0 Å². The van der Waals surface area contributed by atoms with Crippen molar-refractivity contribution in [3.8, 4) is 0 Å². The van der Waals surface area contributed by atoms with Crippen LogP contribution in [0.3, 0.4) is 0 Å². The van der Waals surface area contributed by atoms with Crippen LogP contribution in [0.4, 0.5) is 0 Å². The molecule has 0 spiro atoms. The van der Waals surface area contributed by atoms with E-state index in [1.54, 1.807) is 69.3 Å². The molecule has 0 amide bonds. The zero-order valence-electron chi connectivity index (χ0n) is 30.8. The first-order chi connectivity index (χ1) is 24.9. The summed E-state index contributed by atoms with van der Waals surface area (Å²) in [5, 5.41) is 26.7. The molecule has 3 bridgehead atoms. The standard InChI is InChI=1S/C40H46O13/c1-20(2)38-31(48-24(6)42)22(4)39-28-19-21(3)30(47-23(5)41)37(28,46)35(50-34(44)26-15-11-9-12-16-26)36(8,45)32(49-25(7)43)29(39)33(38)51-40(52-38,53-39)27-17-13-10-14-18-27/h9-18,21-22,28-33,35,45-46H,1,19H2,2-8H3/t21-,22+,28+,29-,30-,31-,32-,33+,35+,36+,37+,38-,39-,40+/m0/s1. The average molecular weight is 735 g/mol. The van der Waals surface area contributed by atoms with E-state index >= 15 is 0 Å². The van der Waals surface area contributed by atoms with Crippen molar-refractivity contribution in [3.05, 3.63) is 83.9 Å². The summed E-state index contributed by atoms with van der Waals surface area (Å²) in [4.78, 5) is 52.9. The van der Waals surface area contributed by atoms with Crippen molar-refractivity contribution < 1.29 is 62.5 Å². The molecule has 2 aliphatic heterocycles. The largest absolute Gasteiger partial charge is 0.459 e. The Bertz CT molecular complexity index is 1830. The van der Waals surface area contributed by atoms with E-state index in [9.17, 15) is 29.4 Å². The molecule has 3 aliphatic carbocycles. The number of ether oxygens (including phenoxy) is 7. The molecule has 2 saturated heterocycles. The molecule has 0 unspecified atom stereocenters. The molecule has 7 rings (SSSR count). The summed E-state index contributed by atoms with van der Waals surface area (Å²) in [6.45, 7) is 14.4. The third-order valence-corrected chi connectivity index (χ3v) is 12.2. The second kappa shape index (κ2) is 12.5. The minimum atomic E-state index is -2.42. The van der Waals surface area contributed by atoms with Crippen molar-refractivity contribution in [2.45, 2.75) is 114 Å². The van der Waals surface area contributed by atoms with Crippen LogP contribution in [0.25, 0.3) is 0 Å². The van der Waals surface area contributed by atoms with E-state index < -0.39 is 106 Å². The normalized spacial score (nSPS) is 43.5. The summed E-state index contributed by atoms with van der Waals surface area (Å²) >= 11 is 0. The molecule has 13 nitrogen and oxygen atoms in total. The topological polar surface area (TPSA) is 173 Å². The van der Waals surface area contributed by atoms with E-state index in [2.05, 4.69) is 6.58 Å². The molecular formula is C40H46O13. The fourth-order valence-corrected chi connectivity index (χ4v) is 10.4. The number of carbonyl (C=O) groups is 4. The van der Waals surface area contributed by atoms with Crippen molar-refractivity contribution in [1.82, 2.24) is 0 Å². The number of esters is 4. The van der Waals surface area contributed by atoms with Crippen molar-refractivity contribution in [1.29, 1.82) is 0 Å². The van der Waals surface area contributed by atoms with Gasteiger partial charge in [0.25, 0.3) is 0 Å². The van der Waals surface area contributed by atoms with Gasteiger partial charge in [-0.05, 0) is 43.9 Å². The summed E-state index contributed by atoms with van der Waals surface area (Å²) in [7, 11) is 0. The van der Waals surface area contributed by atoms with E-state index in [1.807, 2.05) is 0 Å². The number of fused-ring (bicyclic) bond motifs is 2. The van der Waals surface area contributed by atoms with Crippen LogP contribution in [0.5, 0.6) is 0 Å². The van der Waals surface area contributed by atoms with Crippen molar-refractivity contribution >= 4 is 23.9 Å². The number of hydrogen-bond donors (Lipinski definition) is 2. The van der Waals surface area contributed by atoms with Crippen LogP contribution >= 0.6 is 0 Å². The Morgan fingerprint density at radius 3 is 1.89 bits per heavy atom. The number of aliphatic hydroxyl groups is 2. The monoisotopic (exact) mass is 734 g/mol. The predicted octanol–water partition coefficient (Wildman–Crippen LogP) is 3.73. The molecule has 3 saturated carbocycles. The molecule has 53 heavy (non-hydrogen) atoms. The zero-order chi connectivity index (χ0) is 38.5. The molecular weight excluding hydrogens is 688 g/mol. The van der Waals surface area contributed by atoms with E-state index in [1.165, 1.54) is 39.8 Å². The maximum Gasteiger partial charge on any atom is 0.338 e. The van der Waals surface area contributed by atoms with Gasteiger partial charge in [0, 0.05) is 38.2 Å². The van der Waals surface area contributed by atoms with E-state index in [0.29, 0.717) is 11.1 Å². The highest BCUT2D eigenvalue weighted by molar-refractivity contribution is 5.89. The number of carbonyl (C=O) groups excluding carboxylic acids is 4. The lowest BCUT2D eigenvalue weighted by Crippen LogP contribution is -2.77. The van der Waals surface area contributed by atoms with Gasteiger partial charge < -0.3 is 43.4 Å². The third-order valence-electron chi connectivity index (χ3n) is 12.2. The zero-order valence-corrected chi connectivity index (χ0v) is 30.8. The van der Waals surface area contributed by atoms with Gasteiger partial charge in [0.1, 0.15) is 35.6 Å². The molecule has 2 heterocycles. The molecule has 5 fully saturated rings. The summed E-state index contributed by atoms with van der Waals surface area (Å²) in [6.07, 6.45) is -7.19. The molecule has 14 atom stereocenters. The molecule has 13 heteroatoms. The van der Waals surface area contributed by atoms with Gasteiger partial charge in [0.05, 0.1) is 17.1 Å². The first-order valence-electron chi connectivity index (χ1n) is 17.9. The first-order valence-corrected chi connectivity index (χ1v) is 17.9. The van der Waals surface area contributed by atoms with E-state index in [0.717, 1.165) is 0 Å². The lowest BCUT2D eigenvalue weighted by Gasteiger charge is -2.62. The molecule has 5 aliphatic rings. The SMILES string of the molecule is C=C(C)[C@@]12O[C@@]3(c4ccccc4)O[C@@H]1[C@@H]1[C@H](OC(C)=O)[C@@](C)(O)[C@@H](OC(=O)c4ccccc4)[C@@]4(O)[C@@H](C[C@H](C)[C@@H]4OC(C)=O)[C@@]1(O3)[C@H](C)[C@@H]2OC(C)=O. The van der Waals surface area contributed by atoms with Gasteiger partial charge in [-0.15, -0.1) is 0 Å². The highest BCUT2D eigenvalue weighted by Gasteiger charge is 2.88. The average Bonchev–Trinajstić information content (AvgIpc) is 3.49. The number of hydrogen-bond acceptors (Lipinski definition) is 13. The molecule has 284 valence electrons. The van der Waals surface area contributed by atoms with Crippen LogP contribution in [-0.2, 0) is 53.5 Å². The number of benzene rings is 2. The Balaban J connectivity index is 1.57. The van der Waals surface area contributed by atoms with Gasteiger partial charge in [0.15, 0.2) is 11.7 Å². The van der Waals surface area contributed by atoms with Crippen molar-refractivity contribution in [2.75, 3.05) is 0 Å². The van der Waals surface area contributed by atoms with Crippen LogP contribution in [0, 0.1) is 23.7 Å². The fourth-order valence-electron chi connectivity index (χ4n) is 10.4. The van der Waals surface area contributed by atoms with Crippen molar-refractivity contribution in [2.24, 2.45) is 23.7 Å². The van der Waals surface area contributed by atoms with Crippen molar-refractivity contribution in [3.63, 3.8) is 0 Å². The third kappa shape index (κ3) is 5.07. The quantitative estimate of drug-likeness (QED) is 0.240. The maximum atomic E-state index is 14.0. The van der Waals surface area contributed by atoms with E-state index in [-0.39, 0.29) is 12.0 Å². The lowest BCUT2D eigenvalue weighted by atomic mass is 9.52. The maximum absolute atomic E-state index is 14.0. The minimum absolute atomic E-state index is 0.0853. The van der Waals surface area contributed by atoms with Gasteiger partial charge in [-0.3, -0.25) is 14.4 Å². The van der Waals surface area contributed by atoms with Gasteiger partial charge in [-0.1, -0.05) is 69.0 Å². The Labute approximate surface area is 307 Å². The fraction of sp³-hybridized carbons (Fsp3) is 0.550. The highest BCUT2D eigenvalue weighted by Crippen LogP contribution is 2.73. The Morgan fingerprint density at radius 1 is 0.774 bits per heavy atom. The summed E-state index contributed by atoms with van der Waals surface area (Å²) < 4.78 is 45.5. The highest BCUT2D eigenvalue weighted by atomic mass is 16.9. The first kappa shape index (κ1) is 37.2.